The maximum Gasteiger partial charge on any atom is 0.251 e. The summed E-state index contributed by atoms with van der Waals surface area (Å²) in [5, 5.41) is 11.4. The topological polar surface area (TPSA) is 49.3 Å². The van der Waals surface area contributed by atoms with Gasteiger partial charge >= 0.3 is 0 Å². The molecule has 1 aromatic rings. The van der Waals surface area contributed by atoms with E-state index in [1.807, 2.05) is 47.8 Å². The molecule has 1 heterocycles. The first-order valence-corrected chi connectivity index (χ1v) is 8.13. The molecule has 0 radical (unpaired) electrons. The number of carbonyl (C=O) groups is 1. The second kappa shape index (κ2) is 7.07. The minimum Gasteiger partial charge on any atom is -0.396 e. The van der Waals surface area contributed by atoms with Crippen LogP contribution in [0.15, 0.2) is 24.3 Å². The Hall–Kier alpha value is -0.650. The van der Waals surface area contributed by atoms with Crippen LogP contribution in [0.3, 0.4) is 0 Å². The van der Waals surface area contributed by atoms with E-state index in [0.29, 0.717) is 23.1 Å². The second-order valence-electron chi connectivity index (χ2n) is 4.03. The SMILES string of the molecule is O=C(NCCCO)c1ccc(C2SCCS2)cc1. The Balaban J connectivity index is 1.92. The molecule has 2 rings (SSSR count). The van der Waals surface area contributed by atoms with E-state index in [0.717, 1.165) is 0 Å². The van der Waals surface area contributed by atoms with Crippen molar-refractivity contribution in [1.82, 2.24) is 5.32 Å². The summed E-state index contributed by atoms with van der Waals surface area (Å²) >= 11 is 3.92. The van der Waals surface area contributed by atoms with Crippen molar-refractivity contribution in [2.45, 2.75) is 11.0 Å². The molecule has 1 aromatic carbocycles. The van der Waals surface area contributed by atoms with Gasteiger partial charge in [-0.3, -0.25) is 4.79 Å². The van der Waals surface area contributed by atoms with E-state index >= 15 is 0 Å². The highest BCUT2D eigenvalue weighted by atomic mass is 32.2. The van der Waals surface area contributed by atoms with E-state index in [-0.39, 0.29) is 12.5 Å². The van der Waals surface area contributed by atoms with Crippen LogP contribution in [0.2, 0.25) is 0 Å². The molecule has 0 unspecified atom stereocenters. The summed E-state index contributed by atoms with van der Waals surface area (Å²) in [6.45, 7) is 0.626. The van der Waals surface area contributed by atoms with Crippen molar-refractivity contribution >= 4 is 29.4 Å². The number of amides is 1. The Labute approximate surface area is 116 Å². The van der Waals surface area contributed by atoms with Crippen LogP contribution in [0.4, 0.5) is 0 Å². The lowest BCUT2D eigenvalue weighted by molar-refractivity contribution is 0.0951. The van der Waals surface area contributed by atoms with Crippen LogP contribution in [0.5, 0.6) is 0 Å². The molecule has 1 amide bonds. The standard InChI is InChI=1S/C13H17NO2S2/c15-7-1-6-14-12(16)10-2-4-11(5-3-10)13-17-8-9-18-13/h2-5,13,15H,1,6-9H2,(H,14,16). The predicted octanol–water partition coefficient (Wildman–Crippen LogP) is 2.28. The number of rotatable bonds is 5. The molecule has 0 spiro atoms. The van der Waals surface area contributed by atoms with Crippen molar-refractivity contribution in [2.24, 2.45) is 0 Å². The van der Waals surface area contributed by atoms with E-state index in [1.165, 1.54) is 17.1 Å². The fourth-order valence-electron chi connectivity index (χ4n) is 1.73. The molecule has 0 bridgehead atoms. The summed E-state index contributed by atoms with van der Waals surface area (Å²) in [6, 6.07) is 7.83. The first-order chi connectivity index (χ1) is 8.81. The highest BCUT2D eigenvalue weighted by Gasteiger charge is 2.18. The molecule has 1 fully saturated rings. The predicted molar refractivity (Wildman–Crippen MR) is 78.1 cm³/mol. The molecular weight excluding hydrogens is 266 g/mol. The monoisotopic (exact) mass is 283 g/mol. The van der Waals surface area contributed by atoms with Gasteiger partial charge in [0.1, 0.15) is 0 Å². The Kier molecular flexibility index (Phi) is 5.41. The molecule has 2 N–H and O–H groups in total. The molecule has 0 aromatic heterocycles. The highest BCUT2D eigenvalue weighted by Crippen LogP contribution is 2.45. The Bertz CT molecular complexity index is 388. The Morgan fingerprint density at radius 2 is 1.94 bits per heavy atom. The van der Waals surface area contributed by atoms with Crippen molar-refractivity contribution in [3.63, 3.8) is 0 Å². The van der Waals surface area contributed by atoms with Crippen molar-refractivity contribution in [3.8, 4) is 0 Å². The van der Waals surface area contributed by atoms with Gasteiger partial charge in [0.05, 0.1) is 4.58 Å². The van der Waals surface area contributed by atoms with Crippen molar-refractivity contribution in [1.29, 1.82) is 0 Å². The zero-order chi connectivity index (χ0) is 12.8. The van der Waals surface area contributed by atoms with Gasteiger partial charge in [0.25, 0.3) is 5.91 Å². The number of carbonyl (C=O) groups excluding carboxylic acids is 1. The number of benzene rings is 1. The highest BCUT2D eigenvalue weighted by molar-refractivity contribution is 8.19. The van der Waals surface area contributed by atoms with Crippen LogP contribution in [-0.4, -0.2) is 35.7 Å². The van der Waals surface area contributed by atoms with Gasteiger partial charge < -0.3 is 10.4 Å². The third-order valence-corrected chi connectivity index (χ3v) is 5.79. The summed E-state index contributed by atoms with van der Waals surface area (Å²) in [5.41, 5.74) is 1.97. The van der Waals surface area contributed by atoms with Gasteiger partial charge in [0, 0.05) is 30.2 Å². The minimum atomic E-state index is -0.0678. The fraction of sp³-hybridized carbons (Fsp3) is 0.462. The zero-order valence-electron chi connectivity index (χ0n) is 10.1. The van der Waals surface area contributed by atoms with Gasteiger partial charge in [0.2, 0.25) is 0 Å². The van der Waals surface area contributed by atoms with Crippen LogP contribution >= 0.6 is 23.5 Å². The molecule has 18 heavy (non-hydrogen) atoms. The summed E-state index contributed by atoms with van der Waals surface area (Å²) in [4.78, 5) is 11.7. The minimum absolute atomic E-state index is 0.0678. The normalized spacial score (nSPS) is 15.8. The molecule has 3 nitrogen and oxygen atoms in total. The quantitative estimate of drug-likeness (QED) is 0.814. The summed E-state index contributed by atoms with van der Waals surface area (Å²) in [5.74, 6) is 2.35. The van der Waals surface area contributed by atoms with E-state index in [2.05, 4.69) is 5.32 Å². The number of thioether (sulfide) groups is 2. The molecule has 0 atom stereocenters. The first kappa shape index (κ1) is 13.8. The van der Waals surface area contributed by atoms with Crippen LogP contribution in [0, 0.1) is 0 Å². The van der Waals surface area contributed by atoms with E-state index in [9.17, 15) is 4.79 Å². The molecule has 1 aliphatic heterocycles. The molecule has 0 aliphatic carbocycles. The van der Waals surface area contributed by atoms with E-state index in [1.54, 1.807) is 0 Å². The third-order valence-electron chi connectivity index (χ3n) is 2.69. The summed E-state index contributed by atoms with van der Waals surface area (Å²) in [6.07, 6.45) is 0.596. The lowest BCUT2D eigenvalue weighted by Crippen LogP contribution is -2.24. The maximum atomic E-state index is 11.7. The fourth-order valence-corrected chi connectivity index (χ4v) is 4.58. The smallest absolute Gasteiger partial charge is 0.251 e. The Morgan fingerprint density at radius 3 is 2.56 bits per heavy atom. The van der Waals surface area contributed by atoms with Crippen molar-refractivity contribution in [2.75, 3.05) is 24.7 Å². The van der Waals surface area contributed by atoms with Crippen LogP contribution < -0.4 is 5.32 Å². The number of aliphatic hydroxyl groups excluding tert-OH is 1. The number of nitrogens with one attached hydrogen (secondary N) is 1. The third kappa shape index (κ3) is 3.67. The lowest BCUT2D eigenvalue weighted by atomic mass is 10.1. The van der Waals surface area contributed by atoms with Crippen molar-refractivity contribution < 1.29 is 9.90 Å². The maximum absolute atomic E-state index is 11.7. The molecule has 1 saturated heterocycles. The molecule has 98 valence electrons. The number of hydrogen-bond donors (Lipinski definition) is 2. The molecular formula is C13H17NO2S2. The van der Waals surface area contributed by atoms with Gasteiger partial charge in [-0.15, -0.1) is 23.5 Å². The van der Waals surface area contributed by atoms with Crippen LogP contribution in [0.25, 0.3) is 0 Å². The number of hydrogen-bond acceptors (Lipinski definition) is 4. The molecule has 0 saturated carbocycles. The van der Waals surface area contributed by atoms with E-state index < -0.39 is 0 Å². The average Bonchev–Trinajstić information content (AvgIpc) is 2.93. The second-order valence-corrected chi connectivity index (χ2v) is 6.75. The summed E-state index contributed by atoms with van der Waals surface area (Å²) in [7, 11) is 0. The zero-order valence-corrected chi connectivity index (χ0v) is 11.7. The first-order valence-electron chi connectivity index (χ1n) is 6.03. The molecule has 1 aliphatic rings. The van der Waals surface area contributed by atoms with Gasteiger partial charge in [-0.2, -0.15) is 0 Å². The van der Waals surface area contributed by atoms with Gasteiger partial charge in [-0.05, 0) is 24.1 Å². The van der Waals surface area contributed by atoms with Gasteiger partial charge in [-0.25, -0.2) is 0 Å². The van der Waals surface area contributed by atoms with Gasteiger partial charge in [0.15, 0.2) is 0 Å². The number of aliphatic hydroxyl groups is 1. The van der Waals surface area contributed by atoms with Gasteiger partial charge in [-0.1, -0.05) is 12.1 Å². The Morgan fingerprint density at radius 1 is 1.28 bits per heavy atom. The summed E-state index contributed by atoms with van der Waals surface area (Å²) < 4.78 is 0.525. The van der Waals surface area contributed by atoms with Crippen molar-refractivity contribution in [3.05, 3.63) is 35.4 Å². The molecule has 5 heteroatoms. The van der Waals surface area contributed by atoms with Crippen LogP contribution in [0.1, 0.15) is 26.9 Å². The largest absolute Gasteiger partial charge is 0.396 e. The van der Waals surface area contributed by atoms with Crippen LogP contribution in [-0.2, 0) is 0 Å². The van der Waals surface area contributed by atoms with E-state index in [4.69, 9.17) is 5.11 Å². The lowest BCUT2D eigenvalue weighted by Gasteiger charge is -2.09. The average molecular weight is 283 g/mol.